The predicted molar refractivity (Wildman–Crippen MR) is 78.1 cm³/mol. The molecule has 0 heterocycles. The molecule has 1 fully saturated rings. The largest absolute Gasteiger partial charge is 0.352 e. The fourth-order valence-electron chi connectivity index (χ4n) is 2.66. The van der Waals surface area contributed by atoms with E-state index in [1.807, 2.05) is 0 Å². The van der Waals surface area contributed by atoms with E-state index in [9.17, 15) is 13.2 Å². The van der Waals surface area contributed by atoms with Gasteiger partial charge >= 0.3 is 0 Å². The first-order valence-electron chi connectivity index (χ1n) is 7.06. The molecule has 0 radical (unpaired) electrons. The van der Waals surface area contributed by atoms with E-state index >= 15 is 0 Å². The Labute approximate surface area is 120 Å². The lowest BCUT2D eigenvalue weighted by molar-refractivity contribution is -0.119. The minimum absolute atomic E-state index is 0.113. The highest BCUT2D eigenvalue weighted by molar-refractivity contribution is 7.92. The van der Waals surface area contributed by atoms with Gasteiger partial charge in [0.2, 0.25) is 5.91 Å². The highest BCUT2D eigenvalue weighted by Crippen LogP contribution is 2.23. The third-order valence-electron chi connectivity index (χ3n) is 3.88. The Hall–Kier alpha value is -1.36. The lowest BCUT2D eigenvalue weighted by Gasteiger charge is -2.29. The molecule has 0 aliphatic heterocycles. The Bertz CT molecular complexity index is 554. The molecule has 2 rings (SSSR count). The number of nitrogens with one attached hydrogen (secondary N) is 1. The number of hydrogen-bond donors (Lipinski definition) is 1. The first-order chi connectivity index (χ1) is 9.49. The molecule has 5 heteroatoms. The molecule has 0 spiro atoms. The molecule has 0 unspecified atom stereocenters. The molecule has 20 heavy (non-hydrogen) atoms. The van der Waals surface area contributed by atoms with Crippen molar-refractivity contribution in [3.63, 3.8) is 0 Å². The number of sulfone groups is 1. The van der Waals surface area contributed by atoms with Crippen molar-refractivity contribution in [3.05, 3.63) is 30.3 Å². The van der Waals surface area contributed by atoms with Crippen LogP contribution in [0.1, 0.15) is 32.6 Å². The van der Waals surface area contributed by atoms with Gasteiger partial charge in [0.1, 0.15) is 5.75 Å². The number of hydrogen-bond acceptors (Lipinski definition) is 3. The fourth-order valence-corrected chi connectivity index (χ4v) is 3.83. The van der Waals surface area contributed by atoms with Gasteiger partial charge in [0.25, 0.3) is 0 Å². The van der Waals surface area contributed by atoms with Crippen LogP contribution in [0.4, 0.5) is 0 Å². The molecule has 0 bridgehead atoms. The van der Waals surface area contributed by atoms with Gasteiger partial charge in [-0.15, -0.1) is 0 Å². The van der Waals surface area contributed by atoms with Gasteiger partial charge in [0.15, 0.2) is 9.84 Å². The summed E-state index contributed by atoms with van der Waals surface area (Å²) in [6, 6.07) is 8.23. The van der Waals surface area contributed by atoms with Gasteiger partial charge in [-0.1, -0.05) is 38.0 Å². The van der Waals surface area contributed by atoms with E-state index in [4.69, 9.17) is 0 Å². The molecule has 110 valence electrons. The first kappa shape index (κ1) is 15.0. The number of carbonyl (C=O) groups is 1. The molecule has 1 aromatic rings. The molecule has 0 aromatic heterocycles. The van der Waals surface area contributed by atoms with Crippen LogP contribution in [0.25, 0.3) is 0 Å². The third kappa shape index (κ3) is 3.82. The topological polar surface area (TPSA) is 63.2 Å². The zero-order chi connectivity index (χ0) is 14.6. The van der Waals surface area contributed by atoms with E-state index in [2.05, 4.69) is 12.2 Å². The van der Waals surface area contributed by atoms with Gasteiger partial charge in [-0.2, -0.15) is 0 Å². The minimum Gasteiger partial charge on any atom is -0.352 e. The number of benzene rings is 1. The van der Waals surface area contributed by atoms with Crippen molar-refractivity contribution in [1.82, 2.24) is 5.32 Å². The molecule has 1 N–H and O–H groups in total. The molecule has 1 aromatic carbocycles. The molecule has 1 aliphatic rings. The Morgan fingerprint density at radius 2 is 1.85 bits per heavy atom. The predicted octanol–water partition coefficient (Wildman–Crippen LogP) is 2.16. The number of amides is 1. The average molecular weight is 295 g/mol. The smallest absolute Gasteiger partial charge is 0.235 e. The molecule has 1 saturated carbocycles. The van der Waals surface area contributed by atoms with Crippen LogP contribution in [0.15, 0.2) is 35.2 Å². The van der Waals surface area contributed by atoms with Crippen LogP contribution in [0.5, 0.6) is 0 Å². The van der Waals surface area contributed by atoms with E-state index in [1.54, 1.807) is 18.2 Å². The van der Waals surface area contributed by atoms with E-state index in [0.717, 1.165) is 19.3 Å². The fraction of sp³-hybridized carbons (Fsp3) is 0.533. The normalized spacial score (nSPS) is 23.2. The molecule has 0 saturated heterocycles. The van der Waals surface area contributed by atoms with Crippen molar-refractivity contribution in [1.29, 1.82) is 0 Å². The van der Waals surface area contributed by atoms with Crippen LogP contribution in [0.3, 0.4) is 0 Å². The van der Waals surface area contributed by atoms with Gasteiger partial charge in [0, 0.05) is 6.04 Å². The van der Waals surface area contributed by atoms with Crippen LogP contribution in [-0.2, 0) is 14.6 Å². The SMILES string of the molecule is C[C@@H]1CCCC[C@@H]1NC(=O)CS(=O)(=O)c1ccccc1. The van der Waals surface area contributed by atoms with Crippen LogP contribution in [0.2, 0.25) is 0 Å². The minimum atomic E-state index is -3.54. The summed E-state index contributed by atoms with van der Waals surface area (Å²) in [4.78, 5) is 12.2. The van der Waals surface area contributed by atoms with Crippen molar-refractivity contribution in [2.75, 3.05) is 5.75 Å². The third-order valence-corrected chi connectivity index (χ3v) is 5.51. The van der Waals surface area contributed by atoms with Crippen molar-refractivity contribution in [3.8, 4) is 0 Å². The summed E-state index contributed by atoms with van der Waals surface area (Å²) in [5.41, 5.74) is 0. The standard InChI is InChI=1S/C15H21NO3S/c1-12-7-5-6-10-14(12)16-15(17)11-20(18,19)13-8-3-2-4-9-13/h2-4,8-9,12,14H,5-7,10-11H2,1H3,(H,16,17)/t12-,14+/m1/s1. The Morgan fingerprint density at radius 3 is 2.50 bits per heavy atom. The van der Waals surface area contributed by atoms with Crippen molar-refractivity contribution < 1.29 is 13.2 Å². The maximum atomic E-state index is 12.1. The Morgan fingerprint density at radius 1 is 1.20 bits per heavy atom. The number of carbonyl (C=O) groups excluding carboxylic acids is 1. The summed E-state index contributed by atoms with van der Waals surface area (Å²) in [6.45, 7) is 2.11. The molecule has 1 amide bonds. The van der Waals surface area contributed by atoms with E-state index in [0.29, 0.717) is 5.92 Å². The summed E-state index contributed by atoms with van der Waals surface area (Å²) in [7, 11) is -3.54. The maximum Gasteiger partial charge on any atom is 0.235 e. The summed E-state index contributed by atoms with van der Waals surface area (Å²) in [6.07, 6.45) is 4.32. The second kappa shape index (κ2) is 6.39. The van der Waals surface area contributed by atoms with Crippen LogP contribution >= 0.6 is 0 Å². The van der Waals surface area contributed by atoms with Crippen LogP contribution in [-0.4, -0.2) is 26.1 Å². The maximum absolute atomic E-state index is 12.1. The van der Waals surface area contributed by atoms with E-state index < -0.39 is 21.5 Å². The van der Waals surface area contributed by atoms with Gasteiger partial charge in [0.05, 0.1) is 4.90 Å². The van der Waals surface area contributed by atoms with Gasteiger partial charge in [-0.3, -0.25) is 4.79 Å². The molecular formula is C15H21NO3S. The summed E-state index contributed by atoms with van der Waals surface area (Å²) in [5.74, 6) is -0.444. The Balaban J connectivity index is 1.97. The summed E-state index contributed by atoms with van der Waals surface area (Å²) < 4.78 is 24.2. The zero-order valence-corrected chi connectivity index (χ0v) is 12.5. The zero-order valence-electron chi connectivity index (χ0n) is 11.7. The van der Waals surface area contributed by atoms with Gasteiger partial charge < -0.3 is 5.32 Å². The lowest BCUT2D eigenvalue weighted by Crippen LogP contribution is -2.43. The van der Waals surface area contributed by atoms with Crippen molar-refractivity contribution in [2.45, 2.75) is 43.5 Å². The number of rotatable bonds is 4. The van der Waals surface area contributed by atoms with Gasteiger partial charge in [-0.05, 0) is 30.9 Å². The lowest BCUT2D eigenvalue weighted by atomic mass is 9.86. The monoisotopic (exact) mass is 295 g/mol. The molecular weight excluding hydrogens is 274 g/mol. The molecule has 4 nitrogen and oxygen atoms in total. The highest BCUT2D eigenvalue weighted by atomic mass is 32.2. The first-order valence-corrected chi connectivity index (χ1v) is 8.71. The molecule has 2 atom stereocenters. The molecule has 1 aliphatic carbocycles. The van der Waals surface area contributed by atoms with Crippen molar-refractivity contribution >= 4 is 15.7 Å². The van der Waals surface area contributed by atoms with Crippen molar-refractivity contribution in [2.24, 2.45) is 5.92 Å². The van der Waals surface area contributed by atoms with E-state index in [-0.39, 0.29) is 10.9 Å². The van der Waals surface area contributed by atoms with E-state index in [1.165, 1.54) is 18.6 Å². The Kier molecular flexibility index (Phi) is 4.81. The second-order valence-corrected chi connectivity index (χ2v) is 7.50. The summed E-state index contributed by atoms with van der Waals surface area (Å²) >= 11 is 0. The van der Waals surface area contributed by atoms with Crippen LogP contribution < -0.4 is 5.32 Å². The average Bonchev–Trinajstić information content (AvgIpc) is 2.42. The quantitative estimate of drug-likeness (QED) is 0.926. The van der Waals surface area contributed by atoms with Crippen LogP contribution in [0, 0.1) is 5.92 Å². The van der Waals surface area contributed by atoms with Gasteiger partial charge in [-0.25, -0.2) is 8.42 Å². The second-order valence-electron chi connectivity index (χ2n) is 5.51. The highest BCUT2D eigenvalue weighted by Gasteiger charge is 2.25. The summed E-state index contributed by atoms with van der Waals surface area (Å²) in [5, 5.41) is 2.88.